The Morgan fingerprint density at radius 2 is 1.82 bits per heavy atom. The molecule has 0 bridgehead atoms. The quantitative estimate of drug-likeness (QED) is 0.683. The summed E-state index contributed by atoms with van der Waals surface area (Å²) in [5.41, 5.74) is 0.625. The maximum atomic E-state index is 12.5. The van der Waals surface area contributed by atoms with Gasteiger partial charge in [-0.1, -0.05) is 36.3 Å². The van der Waals surface area contributed by atoms with Crippen LogP contribution in [-0.2, 0) is 12.6 Å². The molecule has 1 amide bonds. The topological polar surface area (TPSA) is 107 Å². The van der Waals surface area contributed by atoms with Crippen LogP contribution < -0.4 is 5.32 Å². The van der Waals surface area contributed by atoms with Gasteiger partial charge in [0, 0.05) is 30.0 Å². The number of nitrogens with zero attached hydrogens (tertiary/aromatic N) is 4. The van der Waals surface area contributed by atoms with Crippen molar-refractivity contribution in [2.24, 2.45) is 0 Å². The molecule has 2 heterocycles. The summed E-state index contributed by atoms with van der Waals surface area (Å²) in [6, 6.07) is 5.79. The van der Waals surface area contributed by atoms with Crippen LogP contribution in [0.1, 0.15) is 47.7 Å². The molecule has 0 unspecified atom stereocenters. The summed E-state index contributed by atoms with van der Waals surface area (Å²) in [5.74, 6) is -0.803. The van der Waals surface area contributed by atoms with E-state index in [1.54, 1.807) is 0 Å². The fourth-order valence-electron chi connectivity index (χ4n) is 2.22. The van der Waals surface area contributed by atoms with Crippen molar-refractivity contribution in [3.8, 4) is 11.4 Å². The van der Waals surface area contributed by atoms with Crippen LogP contribution in [0.5, 0.6) is 0 Å². The average Bonchev–Trinajstić information content (AvgIpc) is 3.31. The van der Waals surface area contributed by atoms with Crippen LogP contribution in [-0.4, -0.2) is 32.7 Å². The third-order valence-corrected chi connectivity index (χ3v) is 3.70. The molecule has 1 N–H and O–H groups in total. The molecule has 8 nitrogen and oxygen atoms in total. The van der Waals surface area contributed by atoms with Gasteiger partial charge in [-0.15, -0.1) is 0 Å². The number of carbonyl (C=O) groups excluding carboxylic acids is 1. The van der Waals surface area contributed by atoms with Gasteiger partial charge in [-0.25, -0.2) is 0 Å². The monoisotopic (exact) mass is 395 g/mol. The van der Waals surface area contributed by atoms with E-state index in [-0.39, 0.29) is 17.6 Å². The summed E-state index contributed by atoms with van der Waals surface area (Å²) < 4.78 is 46.8. The molecule has 3 rings (SSSR count). The molecule has 0 atom stereocenters. The minimum absolute atomic E-state index is 0.150. The van der Waals surface area contributed by atoms with Gasteiger partial charge in [0.15, 0.2) is 5.82 Å². The number of amides is 1. The van der Waals surface area contributed by atoms with E-state index in [0.29, 0.717) is 35.8 Å². The predicted molar refractivity (Wildman–Crippen MR) is 89.2 cm³/mol. The molecule has 148 valence electrons. The molecule has 0 aliphatic rings. The first-order valence-electron chi connectivity index (χ1n) is 8.36. The van der Waals surface area contributed by atoms with Crippen molar-refractivity contribution < 1.29 is 27.0 Å². The molecule has 0 radical (unpaired) electrons. The largest absolute Gasteiger partial charge is 0.471 e. The van der Waals surface area contributed by atoms with E-state index in [0.717, 1.165) is 0 Å². The Labute approximate surface area is 157 Å². The smallest absolute Gasteiger partial charge is 0.352 e. The minimum Gasteiger partial charge on any atom is -0.352 e. The summed E-state index contributed by atoms with van der Waals surface area (Å²) in [4.78, 5) is 19.7. The Bertz CT molecular complexity index is 948. The number of rotatable bonds is 6. The van der Waals surface area contributed by atoms with Crippen LogP contribution in [0.4, 0.5) is 13.2 Å². The van der Waals surface area contributed by atoms with Crippen molar-refractivity contribution in [1.29, 1.82) is 0 Å². The lowest BCUT2D eigenvalue weighted by molar-refractivity contribution is -0.159. The predicted octanol–water partition coefficient (Wildman–Crippen LogP) is 3.23. The Balaban J connectivity index is 1.56. The van der Waals surface area contributed by atoms with Gasteiger partial charge < -0.3 is 14.4 Å². The highest BCUT2D eigenvalue weighted by molar-refractivity contribution is 5.94. The van der Waals surface area contributed by atoms with E-state index >= 15 is 0 Å². The molecule has 0 aliphatic heterocycles. The minimum atomic E-state index is -4.71. The second-order valence-electron chi connectivity index (χ2n) is 6.21. The van der Waals surface area contributed by atoms with Gasteiger partial charge in [-0.2, -0.15) is 23.1 Å². The number of hydrogen-bond donors (Lipinski definition) is 1. The highest BCUT2D eigenvalue weighted by atomic mass is 19.4. The van der Waals surface area contributed by atoms with Crippen LogP contribution in [0.25, 0.3) is 11.4 Å². The van der Waals surface area contributed by atoms with Crippen molar-refractivity contribution >= 4 is 5.91 Å². The Morgan fingerprint density at radius 1 is 1.11 bits per heavy atom. The van der Waals surface area contributed by atoms with E-state index in [1.165, 1.54) is 24.3 Å². The van der Waals surface area contributed by atoms with Gasteiger partial charge in [-0.05, 0) is 12.1 Å². The molecule has 2 aromatic heterocycles. The Morgan fingerprint density at radius 3 is 2.39 bits per heavy atom. The third kappa shape index (κ3) is 4.53. The fraction of sp³-hybridized carbons (Fsp3) is 0.353. The van der Waals surface area contributed by atoms with Gasteiger partial charge in [0.1, 0.15) is 0 Å². The van der Waals surface area contributed by atoms with E-state index in [2.05, 4.69) is 30.1 Å². The number of hydrogen-bond acceptors (Lipinski definition) is 7. The van der Waals surface area contributed by atoms with E-state index in [4.69, 9.17) is 4.52 Å². The van der Waals surface area contributed by atoms with Crippen LogP contribution in [0.15, 0.2) is 33.3 Å². The molecule has 3 aromatic rings. The SMILES string of the molecule is CC(C)c1noc(CCNC(=O)c2ccc(-c3noc(C(F)(F)F)n3)cc2)n1. The summed E-state index contributed by atoms with van der Waals surface area (Å²) in [7, 11) is 0. The summed E-state index contributed by atoms with van der Waals surface area (Å²) in [6.07, 6.45) is -4.33. The summed E-state index contributed by atoms with van der Waals surface area (Å²) in [6.45, 7) is 4.18. The molecule has 0 aliphatic carbocycles. The summed E-state index contributed by atoms with van der Waals surface area (Å²) in [5, 5.41) is 9.84. The number of nitrogens with one attached hydrogen (secondary N) is 1. The van der Waals surface area contributed by atoms with Crippen LogP contribution in [0.2, 0.25) is 0 Å². The van der Waals surface area contributed by atoms with Gasteiger partial charge in [0.2, 0.25) is 11.7 Å². The molecular formula is C17H16F3N5O3. The van der Waals surface area contributed by atoms with Crippen LogP contribution in [0.3, 0.4) is 0 Å². The lowest BCUT2D eigenvalue weighted by atomic mass is 10.1. The van der Waals surface area contributed by atoms with Crippen molar-refractivity contribution in [2.45, 2.75) is 32.4 Å². The first-order chi connectivity index (χ1) is 13.2. The van der Waals surface area contributed by atoms with Gasteiger partial charge in [0.05, 0.1) is 0 Å². The van der Waals surface area contributed by atoms with E-state index in [9.17, 15) is 18.0 Å². The van der Waals surface area contributed by atoms with Crippen molar-refractivity contribution in [1.82, 2.24) is 25.6 Å². The molecule has 28 heavy (non-hydrogen) atoms. The zero-order chi connectivity index (χ0) is 20.3. The van der Waals surface area contributed by atoms with Crippen molar-refractivity contribution in [2.75, 3.05) is 6.54 Å². The molecular weight excluding hydrogens is 379 g/mol. The fourth-order valence-corrected chi connectivity index (χ4v) is 2.22. The maximum absolute atomic E-state index is 12.5. The highest BCUT2D eigenvalue weighted by Gasteiger charge is 2.38. The first-order valence-corrected chi connectivity index (χ1v) is 8.36. The van der Waals surface area contributed by atoms with Gasteiger partial charge >= 0.3 is 12.1 Å². The molecule has 11 heteroatoms. The molecule has 0 fully saturated rings. The Kier molecular flexibility index (Phi) is 5.43. The van der Waals surface area contributed by atoms with Gasteiger partial charge in [-0.3, -0.25) is 4.79 Å². The zero-order valence-electron chi connectivity index (χ0n) is 14.9. The summed E-state index contributed by atoms with van der Waals surface area (Å²) >= 11 is 0. The average molecular weight is 395 g/mol. The van der Waals surface area contributed by atoms with Crippen LogP contribution in [0, 0.1) is 0 Å². The normalized spacial score (nSPS) is 11.8. The molecule has 0 saturated carbocycles. The number of aromatic nitrogens is 4. The number of carbonyl (C=O) groups is 1. The second kappa shape index (κ2) is 7.79. The van der Waals surface area contributed by atoms with Crippen LogP contribution >= 0.6 is 0 Å². The third-order valence-electron chi connectivity index (χ3n) is 3.70. The molecule has 0 spiro atoms. The number of benzene rings is 1. The Hall–Kier alpha value is -3.24. The lowest BCUT2D eigenvalue weighted by Crippen LogP contribution is -2.25. The van der Waals surface area contributed by atoms with Crippen molar-refractivity contribution in [3.63, 3.8) is 0 Å². The number of halogens is 3. The second-order valence-corrected chi connectivity index (χ2v) is 6.21. The lowest BCUT2D eigenvalue weighted by Gasteiger charge is -2.04. The zero-order valence-corrected chi connectivity index (χ0v) is 14.9. The number of alkyl halides is 3. The molecule has 0 saturated heterocycles. The highest BCUT2D eigenvalue weighted by Crippen LogP contribution is 2.29. The van der Waals surface area contributed by atoms with E-state index in [1.807, 2.05) is 13.8 Å². The van der Waals surface area contributed by atoms with Crippen molar-refractivity contribution in [3.05, 3.63) is 47.4 Å². The standard InChI is InChI=1S/C17H16F3N5O3/c1-9(2)13-22-12(27-24-13)7-8-21-15(26)11-5-3-10(4-6-11)14-23-16(28-25-14)17(18,19)20/h3-6,9H,7-8H2,1-2H3,(H,21,26). The maximum Gasteiger partial charge on any atom is 0.471 e. The van der Waals surface area contributed by atoms with E-state index < -0.39 is 12.1 Å². The van der Waals surface area contributed by atoms with Gasteiger partial charge in [0.25, 0.3) is 5.91 Å². The first kappa shape index (κ1) is 19.5. The molecule has 1 aromatic carbocycles.